The number of amides is 1. The molecule has 3 N–H and O–H groups in total. The molecule has 0 radical (unpaired) electrons. The molecule has 29 heavy (non-hydrogen) atoms. The van der Waals surface area contributed by atoms with Gasteiger partial charge in [0.05, 0.1) is 11.1 Å². The summed E-state index contributed by atoms with van der Waals surface area (Å²) in [6.07, 6.45) is 6.09. The Kier molecular flexibility index (Phi) is 5.44. The van der Waals surface area contributed by atoms with E-state index in [0.717, 1.165) is 35.9 Å². The summed E-state index contributed by atoms with van der Waals surface area (Å²) >= 11 is 1.73. The Balaban J connectivity index is 1.60. The van der Waals surface area contributed by atoms with Crippen LogP contribution in [0.5, 0.6) is 5.75 Å². The second-order valence-electron chi connectivity index (χ2n) is 7.10. The van der Waals surface area contributed by atoms with Gasteiger partial charge in [-0.1, -0.05) is 6.92 Å². The van der Waals surface area contributed by atoms with Gasteiger partial charge in [-0.2, -0.15) is 5.10 Å². The fraction of sp³-hybridized carbons (Fsp3) is 0.333. The monoisotopic (exact) mass is 409 g/mol. The second-order valence-corrected chi connectivity index (χ2v) is 8.18. The van der Waals surface area contributed by atoms with Crippen LogP contribution in [0, 0.1) is 0 Å². The van der Waals surface area contributed by atoms with Gasteiger partial charge in [0.25, 0.3) is 0 Å². The molecule has 1 aliphatic carbocycles. The molecule has 0 atom stereocenters. The van der Waals surface area contributed by atoms with Gasteiger partial charge in [0.15, 0.2) is 5.82 Å². The lowest BCUT2D eigenvalue weighted by Crippen LogP contribution is -2.11. The number of benzene rings is 1. The Bertz CT molecular complexity index is 1110. The molecule has 0 saturated heterocycles. The van der Waals surface area contributed by atoms with Gasteiger partial charge >= 0.3 is 0 Å². The SMILES string of the molecule is CCCC(=O)Nc1ccc(O)c(/C(C)=N/Nc2ncnc3sc4c(c23)CCC4)c1. The number of carbonyl (C=O) groups is 1. The number of hydrazone groups is 1. The van der Waals surface area contributed by atoms with Gasteiger partial charge in [0.1, 0.15) is 16.9 Å². The number of carbonyl (C=O) groups excluding carboxylic acids is 1. The number of fused-ring (bicyclic) bond motifs is 3. The van der Waals surface area contributed by atoms with E-state index in [1.165, 1.54) is 10.4 Å². The maximum atomic E-state index is 11.9. The van der Waals surface area contributed by atoms with Gasteiger partial charge in [0.2, 0.25) is 5.91 Å². The molecule has 0 unspecified atom stereocenters. The highest BCUT2D eigenvalue weighted by Gasteiger charge is 2.21. The van der Waals surface area contributed by atoms with E-state index in [-0.39, 0.29) is 11.7 Å². The van der Waals surface area contributed by atoms with Gasteiger partial charge in [-0.3, -0.25) is 10.2 Å². The molecule has 8 heteroatoms. The molecular formula is C21H23N5O2S. The molecule has 3 aromatic rings. The van der Waals surface area contributed by atoms with Crippen molar-refractivity contribution < 1.29 is 9.90 Å². The van der Waals surface area contributed by atoms with Gasteiger partial charge in [-0.15, -0.1) is 11.3 Å². The molecule has 0 bridgehead atoms. The quantitative estimate of drug-likeness (QED) is 0.317. The molecule has 1 amide bonds. The van der Waals surface area contributed by atoms with E-state index < -0.39 is 0 Å². The van der Waals surface area contributed by atoms with Gasteiger partial charge in [-0.05, 0) is 56.4 Å². The fourth-order valence-electron chi connectivity index (χ4n) is 3.56. The van der Waals surface area contributed by atoms with Crippen LogP contribution in [0.25, 0.3) is 10.2 Å². The molecule has 0 spiro atoms. The molecule has 1 aliphatic rings. The van der Waals surface area contributed by atoms with Crippen molar-refractivity contribution in [1.82, 2.24) is 9.97 Å². The number of aromatic hydroxyl groups is 1. The largest absolute Gasteiger partial charge is 0.507 e. The van der Waals surface area contributed by atoms with E-state index >= 15 is 0 Å². The Morgan fingerprint density at radius 2 is 2.17 bits per heavy atom. The number of aromatic nitrogens is 2. The van der Waals surface area contributed by atoms with E-state index in [2.05, 4.69) is 25.8 Å². The normalized spacial score (nSPS) is 13.5. The smallest absolute Gasteiger partial charge is 0.224 e. The number of phenolic OH excluding ortho intramolecular Hbond substituents is 1. The van der Waals surface area contributed by atoms with Gasteiger partial charge < -0.3 is 10.4 Å². The van der Waals surface area contributed by atoms with Crippen molar-refractivity contribution in [2.75, 3.05) is 10.7 Å². The van der Waals surface area contributed by atoms with Crippen molar-refractivity contribution in [2.45, 2.75) is 46.0 Å². The number of anilines is 2. The lowest BCUT2D eigenvalue weighted by Gasteiger charge is -2.10. The summed E-state index contributed by atoms with van der Waals surface area (Å²) in [6, 6.07) is 4.96. The first-order chi connectivity index (χ1) is 14.1. The number of nitrogens with zero attached hydrogens (tertiary/aromatic N) is 3. The molecule has 4 rings (SSSR count). The molecule has 0 saturated carbocycles. The number of hydrogen-bond donors (Lipinski definition) is 3. The van der Waals surface area contributed by atoms with Crippen LogP contribution in [0.4, 0.5) is 11.5 Å². The number of phenols is 1. The molecule has 2 aromatic heterocycles. The third kappa shape index (κ3) is 3.93. The number of nitrogens with one attached hydrogen (secondary N) is 2. The average Bonchev–Trinajstić information content (AvgIpc) is 3.29. The van der Waals surface area contributed by atoms with Crippen LogP contribution >= 0.6 is 11.3 Å². The first kappa shape index (κ1) is 19.3. The van der Waals surface area contributed by atoms with E-state index in [1.54, 1.807) is 42.8 Å². The maximum absolute atomic E-state index is 11.9. The Morgan fingerprint density at radius 3 is 3.00 bits per heavy atom. The van der Waals surface area contributed by atoms with Crippen LogP contribution in [-0.2, 0) is 17.6 Å². The summed E-state index contributed by atoms with van der Waals surface area (Å²) < 4.78 is 0. The number of aryl methyl sites for hydroxylation is 2. The zero-order chi connectivity index (χ0) is 20.4. The zero-order valence-corrected chi connectivity index (χ0v) is 17.3. The predicted molar refractivity (Wildman–Crippen MR) is 117 cm³/mol. The van der Waals surface area contributed by atoms with Crippen LogP contribution in [0.2, 0.25) is 0 Å². The number of rotatable bonds is 6. The number of thiophene rings is 1. The summed E-state index contributed by atoms with van der Waals surface area (Å²) in [7, 11) is 0. The zero-order valence-electron chi connectivity index (χ0n) is 16.5. The summed E-state index contributed by atoms with van der Waals surface area (Å²) in [4.78, 5) is 23.0. The first-order valence-electron chi connectivity index (χ1n) is 9.75. The molecule has 150 valence electrons. The molecule has 0 aliphatic heterocycles. The third-order valence-corrected chi connectivity index (χ3v) is 6.18. The minimum absolute atomic E-state index is 0.0495. The van der Waals surface area contributed by atoms with Crippen molar-refractivity contribution in [3.63, 3.8) is 0 Å². The van der Waals surface area contributed by atoms with Gasteiger partial charge in [-0.25, -0.2) is 9.97 Å². The topological polar surface area (TPSA) is 99.5 Å². The number of hydrogen-bond acceptors (Lipinski definition) is 7. The summed E-state index contributed by atoms with van der Waals surface area (Å²) in [6.45, 7) is 3.76. The third-order valence-electron chi connectivity index (χ3n) is 4.98. The summed E-state index contributed by atoms with van der Waals surface area (Å²) in [5.74, 6) is 0.734. The van der Waals surface area contributed by atoms with Crippen LogP contribution < -0.4 is 10.7 Å². The lowest BCUT2D eigenvalue weighted by atomic mass is 10.1. The van der Waals surface area contributed by atoms with Crippen molar-refractivity contribution >= 4 is 44.7 Å². The predicted octanol–water partition coefficient (Wildman–Crippen LogP) is 4.46. The van der Waals surface area contributed by atoms with Crippen molar-refractivity contribution in [3.8, 4) is 5.75 Å². The van der Waals surface area contributed by atoms with E-state index in [1.807, 2.05) is 6.92 Å². The van der Waals surface area contributed by atoms with Crippen molar-refractivity contribution in [1.29, 1.82) is 0 Å². The van der Waals surface area contributed by atoms with E-state index in [9.17, 15) is 9.90 Å². The van der Waals surface area contributed by atoms with Crippen LogP contribution in [-0.4, -0.2) is 26.7 Å². The van der Waals surface area contributed by atoms with E-state index in [4.69, 9.17) is 0 Å². The highest BCUT2D eigenvalue weighted by molar-refractivity contribution is 7.19. The average molecular weight is 410 g/mol. The van der Waals surface area contributed by atoms with Crippen molar-refractivity contribution in [3.05, 3.63) is 40.5 Å². The van der Waals surface area contributed by atoms with Gasteiger partial charge in [0, 0.05) is 22.5 Å². The molecule has 2 heterocycles. The maximum Gasteiger partial charge on any atom is 0.224 e. The molecule has 7 nitrogen and oxygen atoms in total. The Hall–Kier alpha value is -3.00. The molecule has 1 aromatic carbocycles. The first-order valence-corrected chi connectivity index (χ1v) is 10.6. The minimum atomic E-state index is -0.0495. The summed E-state index contributed by atoms with van der Waals surface area (Å²) in [5.41, 5.74) is 6.15. The highest BCUT2D eigenvalue weighted by atomic mass is 32.1. The molecular weight excluding hydrogens is 386 g/mol. The molecule has 0 fully saturated rings. The highest BCUT2D eigenvalue weighted by Crippen LogP contribution is 2.39. The standard InChI is InChI=1S/C21H23N5O2S/c1-3-5-18(28)24-13-8-9-16(27)15(10-13)12(2)25-26-20-19-14-6-4-7-17(14)29-21(19)23-11-22-20/h8-11,27H,3-7H2,1-2H3,(H,24,28)(H,22,23,26)/b25-12+. The van der Waals surface area contributed by atoms with Crippen LogP contribution in [0.3, 0.4) is 0 Å². The second kappa shape index (κ2) is 8.16. The lowest BCUT2D eigenvalue weighted by molar-refractivity contribution is -0.116. The fourth-order valence-corrected chi connectivity index (χ4v) is 4.79. The Labute approximate surface area is 172 Å². The Morgan fingerprint density at radius 1 is 1.31 bits per heavy atom. The van der Waals surface area contributed by atoms with Crippen LogP contribution in [0.1, 0.15) is 49.1 Å². The minimum Gasteiger partial charge on any atom is -0.507 e. The van der Waals surface area contributed by atoms with Crippen molar-refractivity contribution in [2.24, 2.45) is 5.10 Å². The van der Waals surface area contributed by atoms with Crippen LogP contribution in [0.15, 0.2) is 29.6 Å². The summed E-state index contributed by atoms with van der Waals surface area (Å²) in [5, 5.41) is 18.6. The van der Waals surface area contributed by atoms with E-state index in [0.29, 0.717) is 29.2 Å².